The van der Waals surface area contributed by atoms with E-state index in [9.17, 15) is 9.59 Å². The Labute approximate surface area is 147 Å². The highest BCUT2D eigenvalue weighted by atomic mass is 16.6. The lowest BCUT2D eigenvalue weighted by Crippen LogP contribution is -2.44. The lowest BCUT2D eigenvalue weighted by atomic mass is 9.83. The fourth-order valence-electron chi connectivity index (χ4n) is 2.82. The van der Waals surface area contributed by atoms with E-state index in [1.54, 1.807) is 6.92 Å². The number of carbonyl (C=O) groups excluding carboxylic acids is 2. The molecular weight excluding hydrogens is 306 g/mol. The molecule has 0 radical (unpaired) electrons. The van der Waals surface area contributed by atoms with Gasteiger partial charge in [-0.1, -0.05) is 53.4 Å². The highest BCUT2D eigenvalue weighted by Crippen LogP contribution is 2.29. The number of hydrogen-bond donors (Lipinski definition) is 1. The molecule has 0 bridgehead atoms. The zero-order valence-corrected chi connectivity index (χ0v) is 16.7. The van der Waals surface area contributed by atoms with E-state index in [4.69, 9.17) is 9.47 Å². The summed E-state index contributed by atoms with van der Waals surface area (Å²) in [6.07, 6.45) is 5.63. The standard InChI is InChI=1S/C19H37NO4/c1-8-9-10-11-12-13-23-17(22)20-15(2)16(21)24-19(6,7)14-18(3,4)5/h15H,8-14H2,1-7H3,(H,20,22). The average molecular weight is 344 g/mol. The van der Waals surface area contributed by atoms with E-state index in [0.29, 0.717) is 6.61 Å². The molecule has 0 spiro atoms. The van der Waals surface area contributed by atoms with Crippen molar-refractivity contribution < 1.29 is 19.1 Å². The number of esters is 1. The van der Waals surface area contributed by atoms with Crippen molar-refractivity contribution in [3.8, 4) is 0 Å². The smallest absolute Gasteiger partial charge is 0.407 e. The van der Waals surface area contributed by atoms with Crippen molar-refractivity contribution in [3.05, 3.63) is 0 Å². The topological polar surface area (TPSA) is 64.6 Å². The molecule has 1 N–H and O–H groups in total. The van der Waals surface area contributed by atoms with Crippen LogP contribution in [0.3, 0.4) is 0 Å². The molecule has 0 saturated carbocycles. The van der Waals surface area contributed by atoms with E-state index < -0.39 is 23.7 Å². The Balaban J connectivity index is 4.10. The molecule has 5 nitrogen and oxygen atoms in total. The van der Waals surface area contributed by atoms with Gasteiger partial charge in [0.25, 0.3) is 0 Å². The Morgan fingerprint density at radius 2 is 1.58 bits per heavy atom. The molecule has 0 heterocycles. The summed E-state index contributed by atoms with van der Waals surface area (Å²) in [6.45, 7) is 14.2. The van der Waals surface area contributed by atoms with Crippen LogP contribution in [-0.4, -0.2) is 30.3 Å². The van der Waals surface area contributed by atoms with Crippen molar-refractivity contribution >= 4 is 12.1 Å². The maximum atomic E-state index is 12.1. The zero-order chi connectivity index (χ0) is 18.8. The quantitative estimate of drug-likeness (QED) is 0.456. The number of hydrogen-bond acceptors (Lipinski definition) is 4. The monoisotopic (exact) mass is 343 g/mol. The molecule has 1 atom stereocenters. The van der Waals surface area contributed by atoms with Crippen LogP contribution in [0.4, 0.5) is 4.79 Å². The molecule has 5 heteroatoms. The van der Waals surface area contributed by atoms with E-state index in [1.807, 2.05) is 13.8 Å². The van der Waals surface area contributed by atoms with Gasteiger partial charge >= 0.3 is 12.1 Å². The maximum absolute atomic E-state index is 12.1. The van der Waals surface area contributed by atoms with Gasteiger partial charge in [0.05, 0.1) is 6.61 Å². The largest absolute Gasteiger partial charge is 0.458 e. The van der Waals surface area contributed by atoms with Crippen LogP contribution in [0.2, 0.25) is 0 Å². The van der Waals surface area contributed by atoms with Crippen LogP contribution in [0.1, 0.15) is 87.0 Å². The maximum Gasteiger partial charge on any atom is 0.407 e. The lowest BCUT2D eigenvalue weighted by molar-refractivity contribution is -0.160. The van der Waals surface area contributed by atoms with Crippen molar-refractivity contribution in [2.24, 2.45) is 5.41 Å². The highest BCUT2D eigenvalue weighted by molar-refractivity contribution is 5.81. The average Bonchev–Trinajstić information content (AvgIpc) is 2.39. The number of unbranched alkanes of at least 4 members (excludes halogenated alkanes) is 4. The second-order valence-corrected chi connectivity index (χ2v) is 8.33. The van der Waals surface area contributed by atoms with Crippen LogP contribution in [-0.2, 0) is 14.3 Å². The zero-order valence-electron chi connectivity index (χ0n) is 16.7. The Bertz CT molecular complexity index is 385. The highest BCUT2D eigenvalue weighted by Gasteiger charge is 2.31. The van der Waals surface area contributed by atoms with Crippen molar-refractivity contribution in [2.45, 2.75) is 98.6 Å². The number of amides is 1. The molecule has 24 heavy (non-hydrogen) atoms. The van der Waals surface area contributed by atoms with Gasteiger partial charge in [-0.15, -0.1) is 0 Å². The summed E-state index contributed by atoms with van der Waals surface area (Å²) in [5.74, 6) is -0.441. The Kier molecular flexibility index (Phi) is 10.0. The van der Waals surface area contributed by atoms with Gasteiger partial charge in [-0.2, -0.15) is 0 Å². The van der Waals surface area contributed by atoms with Gasteiger partial charge in [0, 0.05) is 0 Å². The number of alkyl carbamates (subject to hydrolysis) is 1. The van der Waals surface area contributed by atoms with Gasteiger partial charge in [-0.25, -0.2) is 9.59 Å². The molecule has 0 aliphatic heterocycles. The van der Waals surface area contributed by atoms with Gasteiger partial charge in [0.2, 0.25) is 0 Å². The van der Waals surface area contributed by atoms with Crippen LogP contribution < -0.4 is 5.32 Å². The first-order chi connectivity index (χ1) is 11.0. The van der Waals surface area contributed by atoms with E-state index in [1.165, 1.54) is 12.8 Å². The predicted octanol–water partition coefficient (Wildman–Crippen LogP) is 4.83. The molecular formula is C19H37NO4. The van der Waals surface area contributed by atoms with Crippen molar-refractivity contribution in [1.82, 2.24) is 5.32 Å². The van der Waals surface area contributed by atoms with Crippen molar-refractivity contribution in [3.63, 3.8) is 0 Å². The Morgan fingerprint density at radius 3 is 2.12 bits per heavy atom. The summed E-state index contributed by atoms with van der Waals surface area (Å²) >= 11 is 0. The third-order valence-corrected chi connectivity index (χ3v) is 3.50. The van der Waals surface area contributed by atoms with Crippen molar-refractivity contribution in [1.29, 1.82) is 0 Å². The Hall–Kier alpha value is -1.26. The Morgan fingerprint density at radius 1 is 1.00 bits per heavy atom. The third kappa shape index (κ3) is 12.2. The molecule has 0 aromatic heterocycles. The first kappa shape index (κ1) is 22.7. The number of nitrogens with one attached hydrogen (secondary N) is 1. The number of carbonyl (C=O) groups is 2. The molecule has 0 aromatic rings. The number of rotatable bonds is 10. The van der Waals surface area contributed by atoms with Crippen LogP contribution in [0.15, 0.2) is 0 Å². The van der Waals surface area contributed by atoms with Crippen LogP contribution in [0.5, 0.6) is 0 Å². The summed E-state index contributed by atoms with van der Waals surface area (Å²) in [4.78, 5) is 23.8. The van der Waals surface area contributed by atoms with Gasteiger partial charge in [-0.05, 0) is 39.0 Å². The molecule has 0 fully saturated rings. The summed E-state index contributed by atoms with van der Waals surface area (Å²) in [6, 6.07) is -0.725. The van der Waals surface area contributed by atoms with Gasteiger partial charge < -0.3 is 14.8 Å². The summed E-state index contributed by atoms with van der Waals surface area (Å²) in [5.41, 5.74) is -0.522. The summed E-state index contributed by atoms with van der Waals surface area (Å²) in [5, 5.41) is 2.53. The second-order valence-electron chi connectivity index (χ2n) is 8.33. The minimum absolute atomic E-state index is 0.0527. The fraction of sp³-hybridized carbons (Fsp3) is 0.895. The van der Waals surface area contributed by atoms with Crippen LogP contribution >= 0.6 is 0 Å². The minimum Gasteiger partial charge on any atom is -0.458 e. The lowest BCUT2D eigenvalue weighted by Gasteiger charge is -2.33. The molecule has 0 aliphatic rings. The molecule has 1 amide bonds. The van der Waals surface area contributed by atoms with Crippen LogP contribution in [0.25, 0.3) is 0 Å². The number of ether oxygens (including phenoxy) is 2. The first-order valence-corrected chi connectivity index (χ1v) is 9.13. The molecule has 142 valence electrons. The van der Waals surface area contributed by atoms with Gasteiger partial charge in [0.15, 0.2) is 0 Å². The second kappa shape index (κ2) is 10.6. The molecule has 1 unspecified atom stereocenters. The van der Waals surface area contributed by atoms with E-state index in [2.05, 4.69) is 33.0 Å². The normalized spacial score (nSPS) is 13.3. The van der Waals surface area contributed by atoms with Crippen LogP contribution in [0, 0.1) is 5.41 Å². The van der Waals surface area contributed by atoms with Crippen molar-refractivity contribution in [2.75, 3.05) is 6.61 Å². The van der Waals surface area contributed by atoms with E-state index in [0.717, 1.165) is 25.7 Å². The predicted molar refractivity (Wildman–Crippen MR) is 96.9 cm³/mol. The molecule has 0 rings (SSSR count). The summed E-state index contributed by atoms with van der Waals surface area (Å²) in [7, 11) is 0. The molecule has 0 aromatic carbocycles. The van der Waals surface area contributed by atoms with Gasteiger partial charge in [0.1, 0.15) is 11.6 Å². The minimum atomic E-state index is -0.725. The van der Waals surface area contributed by atoms with Gasteiger partial charge in [-0.3, -0.25) is 0 Å². The fourth-order valence-corrected chi connectivity index (χ4v) is 2.82. The molecule has 0 saturated heterocycles. The van der Waals surface area contributed by atoms with E-state index in [-0.39, 0.29) is 5.41 Å². The summed E-state index contributed by atoms with van der Waals surface area (Å²) < 4.78 is 10.6. The third-order valence-electron chi connectivity index (χ3n) is 3.50. The molecule has 0 aliphatic carbocycles. The van der Waals surface area contributed by atoms with E-state index >= 15 is 0 Å². The first-order valence-electron chi connectivity index (χ1n) is 9.13. The SMILES string of the molecule is CCCCCCCOC(=O)NC(C)C(=O)OC(C)(C)CC(C)(C)C.